The van der Waals surface area contributed by atoms with Crippen molar-refractivity contribution >= 4 is 16.9 Å². The number of amides is 1. The zero-order valence-corrected chi connectivity index (χ0v) is 10.3. The van der Waals surface area contributed by atoms with Crippen LogP contribution in [-0.2, 0) is 11.3 Å². The van der Waals surface area contributed by atoms with Crippen molar-refractivity contribution in [3.8, 4) is 0 Å². The lowest BCUT2D eigenvalue weighted by Gasteiger charge is -2.14. The molecule has 0 aliphatic rings. The van der Waals surface area contributed by atoms with Crippen LogP contribution in [0.4, 0.5) is 0 Å². The molecule has 0 bridgehead atoms. The monoisotopic (exact) mass is 231 g/mol. The Hall–Kier alpha value is -1.77. The fraction of sp³-hybridized carbons (Fsp3) is 0.357. The first kappa shape index (κ1) is 11.7. The summed E-state index contributed by atoms with van der Waals surface area (Å²) < 4.78 is 5.67. The number of hydrogen-bond acceptors (Lipinski definition) is 2. The molecule has 2 rings (SSSR count). The highest BCUT2D eigenvalue weighted by atomic mass is 16.3. The van der Waals surface area contributed by atoms with E-state index in [1.807, 2.05) is 44.3 Å². The number of rotatable bonds is 4. The molecule has 3 heteroatoms. The highest BCUT2D eigenvalue weighted by Gasteiger charge is 2.10. The van der Waals surface area contributed by atoms with Gasteiger partial charge in [0.25, 0.3) is 0 Å². The summed E-state index contributed by atoms with van der Waals surface area (Å²) in [5.41, 5.74) is 0.874. The molecular weight excluding hydrogens is 214 g/mol. The van der Waals surface area contributed by atoms with Gasteiger partial charge in [0.15, 0.2) is 0 Å². The Balaban J connectivity index is 2.10. The number of fused-ring (bicyclic) bond motifs is 1. The first-order valence-electron chi connectivity index (χ1n) is 5.92. The van der Waals surface area contributed by atoms with Gasteiger partial charge in [0, 0.05) is 18.9 Å². The van der Waals surface area contributed by atoms with Crippen LogP contribution in [0.15, 0.2) is 34.7 Å². The highest BCUT2D eigenvalue weighted by Crippen LogP contribution is 2.19. The summed E-state index contributed by atoms with van der Waals surface area (Å²) in [5, 5.41) is 1.08. The van der Waals surface area contributed by atoms with E-state index in [-0.39, 0.29) is 5.91 Å². The fourth-order valence-electron chi connectivity index (χ4n) is 1.84. The summed E-state index contributed by atoms with van der Waals surface area (Å²) in [6.07, 6.45) is 1.47. The number of furan rings is 1. The van der Waals surface area contributed by atoms with E-state index in [4.69, 9.17) is 4.42 Å². The average molecular weight is 231 g/mol. The summed E-state index contributed by atoms with van der Waals surface area (Å²) in [7, 11) is 1.81. The second-order valence-electron chi connectivity index (χ2n) is 4.25. The zero-order chi connectivity index (χ0) is 12.3. The van der Waals surface area contributed by atoms with E-state index >= 15 is 0 Å². The molecule has 0 saturated heterocycles. The van der Waals surface area contributed by atoms with Gasteiger partial charge in [-0.3, -0.25) is 4.79 Å². The van der Waals surface area contributed by atoms with Crippen molar-refractivity contribution in [3.05, 3.63) is 36.1 Å². The third-order valence-corrected chi connectivity index (χ3v) is 2.76. The minimum Gasteiger partial charge on any atom is -0.459 e. The Labute approximate surface area is 101 Å². The molecule has 1 amide bonds. The first-order valence-corrected chi connectivity index (χ1v) is 5.92. The molecular formula is C14H17NO2. The number of carbonyl (C=O) groups is 1. The van der Waals surface area contributed by atoms with E-state index in [2.05, 4.69) is 0 Å². The molecule has 1 aromatic heterocycles. The van der Waals surface area contributed by atoms with E-state index in [0.717, 1.165) is 23.2 Å². The molecule has 0 aliphatic heterocycles. The number of benzene rings is 1. The van der Waals surface area contributed by atoms with Gasteiger partial charge >= 0.3 is 0 Å². The topological polar surface area (TPSA) is 33.5 Å². The molecule has 1 aromatic carbocycles. The third-order valence-electron chi connectivity index (χ3n) is 2.76. The zero-order valence-electron chi connectivity index (χ0n) is 10.3. The number of carbonyl (C=O) groups excluding carboxylic acids is 1. The van der Waals surface area contributed by atoms with E-state index in [1.165, 1.54) is 0 Å². The molecule has 0 N–H and O–H groups in total. The van der Waals surface area contributed by atoms with Crippen LogP contribution in [0, 0.1) is 0 Å². The maximum absolute atomic E-state index is 11.6. The van der Waals surface area contributed by atoms with Gasteiger partial charge in [-0.2, -0.15) is 0 Å². The number of nitrogens with zero attached hydrogens (tertiary/aromatic N) is 1. The molecule has 1 heterocycles. The Morgan fingerprint density at radius 3 is 2.82 bits per heavy atom. The molecule has 0 saturated carbocycles. The van der Waals surface area contributed by atoms with Crippen LogP contribution < -0.4 is 0 Å². The second-order valence-corrected chi connectivity index (χ2v) is 4.25. The summed E-state index contributed by atoms with van der Waals surface area (Å²) >= 11 is 0. The van der Waals surface area contributed by atoms with Crippen molar-refractivity contribution in [2.45, 2.75) is 26.3 Å². The minimum absolute atomic E-state index is 0.160. The van der Waals surface area contributed by atoms with Crippen molar-refractivity contribution in [3.63, 3.8) is 0 Å². The van der Waals surface area contributed by atoms with E-state index < -0.39 is 0 Å². The normalized spacial score (nSPS) is 10.7. The van der Waals surface area contributed by atoms with Crippen molar-refractivity contribution < 1.29 is 9.21 Å². The quantitative estimate of drug-likeness (QED) is 0.809. The van der Waals surface area contributed by atoms with E-state index in [1.54, 1.807) is 4.90 Å². The molecule has 0 spiro atoms. The van der Waals surface area contributed by atoms with Crippen LogP contribution in [-0.4, -0.2) is 17.9 Å². The summed E-state index contributed by atoms with van der Waals surface area (Å²) in [6.45, 7) is 2.54. The molecule has 90 valence electrons. The molecule has 0 radical (unpaired) electrons. The smallest absolute Gasteiger partial charge is 0.222 e. The number of hydrogen-bond donors (Lipinski definition) is 0. The van der Waals surface area contributed by atoms with Crippen molar-refractivity contribution in [1.82, 2.24) is 4.90 Å². The van der Waals surface area contributed by atoms with Crippen LogP contribution in [0.5, 0.6) is 0 Å². The van der Waals surface area contributed by atoms with E-state index in [9.17, 15) is 4.79 Å². The van der Waals surface area contributed by atoms with Gasteiger partial charge in [-0.1, -0.05) is 25.1 Å². The lowest BCUT2D eigenvalue weighted by Crippen LogP contribution is -2.25. The van der Waals surface area contributed by atoms with Crippen LogP contribution in [0.1, 0.15) is 25.5 Å². The highest BCUT2D eigenvalue weighted by molar-refractivity contribution is 5.78. The van der Waals surface area contributed by atoms with Crippen LogP contribution >= 0.6 is 0 Å². The Bertz CT molecular complexity index is 483. The van der Waals surface area contributed by atoms with Gasteiger partial charge in [-0.25, -0.2) is 0 Å². The molecule has 2 aromatic rings. The Morgan fingerprint density at radius 2 is 2.12 bits per heavy atom. The van der Waals surface area contributed by atoms with Crippen molar-refractivity contribution in [1.29, 1.82) is 0 Å². The standard InChI is InChI=1S/C14H17NO2/c1-3-6-14(16)15(2)10-12-9-11-7-4-5-8-13(11)17-12/h4-5,7-9H,3,6,10H2,1-2H3. The summed E-state index contributed by atoms with van der Waals surface area (Å²) in [6, 6.07) is 9.86. The molecule has 3 nitrogen and oxygen atoms in total. The van der Waals surface area contributed by atoms with E-state index in [0.29, 0.717) is 13.0 Å². The largest absolute Gasteiger partial charge is 0.459 e. The van der Waals surface area contributed by atoms with Gasteiger partial charge in [-0.15, -0.1) is 0 Å². The van der Waals surface area contributed by atoms with Crippen molar-refractivity contribution in [2.24, 2.45) is 0 Å². The van der Waals surface area contributed by atoms with Crippen molar-refractivity contribution in [2.75, 3.05) is 7.05 Å². The predicted octanol–water partition coefficient (Wildman–Crippen LogP) is 3.19. The molecule has 0 aliphatic carbocycles. The minimum atomic E-state index is 0.160. The lowest BCUT2D eigenvalue weighted by molar-refractivity contribution is -0.130. The lowest BCUT2D eigenvalue weighted by atomic mass is 10.2. The first-order chi connectivity index (χ1) is 8.20. The predicted molar refractivity (Wildman–Crippen MR) is 67.6 cm³/mol. The molecule has 0 fully saturated rings. The Morgan fingerprint density at radius 1 is 1.35 bits per heavy atom. The number of para-hydroxylation sites is 1. The van der Waals surface area contributed by atoms with Crippen LogP contribution in [0.25, 0.3) is 11.0 Å². The fourth-order valence-corrected chi connectivity index (χ4v) is 1.84. The second kappa shape index (κ2) is 5.04. The van der Waals surface area contributed by atoms with Gasteiger partial charge in [-0.05, 0) is 18.6 Å². The van der Waals surface area contributed by atoms with Crippen LogP contribution in [0.2, 0.25) is 0 Å². The maximum atomic E-state index is 11.6. The summed E-state index contributed by atoms with van der Waals surface area (Å²) in [4.78, 5) is 13.4. The van der Waals surface area contributed by atoms with Gasteiger partial charge < -0.3 is 9.32 Å². The summed E-state index contributed by atoms with van der Waals surface area (Å²) in [5.74, 6) is 0.992. The Kier molecular flexibility index (Phi) is 3.47. The van der Waals surface area contributed by atoms with Gasteiger partial charge in [0.05, 0.1) is 6.54 Å². The van der Waals surface area contributed by atoms with Gasteiger partial charge in [0.2, 0.25) is 5.91 Å². The molecule has 0 unspecified atom stereocenters. The molecule has 0 atom stereocenters. The maximum Gasteiger partial charge on any atom is 0.222 e. The third kappa shape index (κ3) is 2.67. The average Bonchev–Trinajstić information content (AvgIpc) is 2.71. The van der Waals surface area contributed by atoms with Crippen LogP contribution in [0.3, 0.4) is 0 Å². The molecule has 17 heavy (non-hydrogen) atoms. The SMILES string of the molecule is CCCC(=O)N(C)Cc1cc2ccccc2o1. The van der Waals surface area contributed by atoms with Gasteiger partial charge in [0.1, 0.15) is 11.3 Å².